The van der Waals surface area contributed by atoms with Crippen LogP contribution in [0.3, 0.4) is 0 Å². The van der Waals surface area contributed by atoms with Crippen molar-refractivity contribution in [2.45, 2.75) is 52.5 Å². The molecule has 1 aromatic rings. The minimum atomic E-state index is 0.750. The van der Waals surface area contributed by atoms with E-state index in [0.29, 0.717) is 0 Å². The van der Waals surface area contributed by atoms with Gasteiger partial charge in [0.25, 0.3) is 0 Å². The number of anilines is 1. The van der Waals surface area contributed by atoms with Crippen LogP contribution in [0.25, 0.3) is 0 Å². The van der Waals surface area contributed by atoms with Crippen molar-refractivity contribution in [3.05, 3.63) is 28.8 Å². The van der Waals surface area contributed by atoms with Crippen molar-refractivity contribution in [3.63, 3.8) is 0 Å². The lowest BCUT2D eigenvalue weighted by molar-refractivity contribution is 0.312. The van der Waals surface area contributed by atoms with Crippen LogP contribution in [0.1, 0.15) is 42.4 Å². The summed E-state index contributed by atoms with van der Waals surface area (Å²) in [6.07, 6.45) is 5.36. The molecule has 2 heteroatoms. The highest BCUT2D eigenvalue weighted by molar-refractivity contribution is 5.54. The van der Waals surface area contributed by atoms with E-state index in [9.17, 15) is 0 Å². The SMILES string of the molecule is CNC1CCC(CNc2cc(C)c(C)cc2C)CC1. The molecule has 0 radical (unpaired) electrons. The van der Waals surface area contributed by atoms with Crippen LogP contribution >= 0.6 is 0 Å². The molecule has 0 amide bonds. The summed E-state index contributed by atoms with van der Waals surface area (Å²) >= 11 is 0. The van der Waals surface area contributed by atoms with Gasteiger partial charge < -0.3 is 10.6 Å². The zero-order valence-corrected chi connectivity index (χ0v) is 12.8. The summed E-state index contributed by atoms with van der Waals surface area (Å²) in [7, 11) is 2.09. The van der Waals surface area contributed by atoms with E-state index in [2.05, 4.69) is 50.6 Å². The number of aryl methyl sites for hydroxylation is 3. The molecule has 0 aromatic heterocycles. The molecule has 0 unspecified atom stereocenters. The lowest BCUT2D eigenvalue weighted by Gasteiger charge is -2.28. The summed E-state index contributed by atoms with van der Waals surface area (Å²) in [5.74, 6) is 0.839. The molecule has 2 rings (SSSR count). The molecule has 0 heterocycles. The summed E-state index contributed by atoms with van der Waals surface area (Å²) < 4.78 is 0. The average Bonchev–Trinajstić information content (AvgIpc) is 2.42. The maximum absolute atomic E-state index is 3.66. The minimum Gasteiger partial charge on any atom is -0.385 e. The van der Waals surface area contributed by atoms with Crippen LogP contribution < -0.4 is 10.6 Å². The topological polar surface area (TPSA) is 24.1 Å². The van der Waals surface area contributed by atoms with E-state index in [-0.39, 0.29) is 0 Å². The fourth-order valence-corrected chi connectivity index (χ4v) is 3.06. The first-order valence-corrected chi connectivity index (χ1v) is 7.59. The number of hydrogen-bond acceptors (Lipinski definition) is 2. The van der Waals surface area contributed by atoms with E-state index in [1.807, 2.05) is 0 Å². The van der Waals surface area contributed by atoms with Gasteiger partial charge in [0.15, 0.2) is 0 Å². The normalized spacial score (nSPS) is 23.4. The summed E-state index contributed by atoms with van der Waals surface area (Å²) in [5, 5.41) is 7.06. The van der Waals surface area contributed by atoms with Crippen molar-refractivity contribution >= 4 is 5.69 Å². The fourth-order valence-electron chi connectivity index (χ4n) is 3.06. The van der Waals surface area contributed by atoms with E-state index in [4.69, 9.17) is 0 Å². The Labute approximate surface area is 118 Å². The van der Waals surface area contributed by atoms with Crippen molar-refractivity contribution in [2.75, 3.05) is 18.9 Å². The van der Waals surface area contributed by atoms with Crippen LogP contribution in [0, 0.1) is 26.7 Å². The van der Waals surface area contributed by atoms with Crippen LogP contribution in [0.5, 0.6) is 0 Å². The Bertz CT molecular complexity index is 418. The molecule has 0 saturated heterocycles. The van der Waals surface area contributed by atoms with Crippen molar-refractivity contribution in [3.8, 4) is 0 Å². The second-order valence-electron chi connectivity index (χ2n) is 6.14. The van der Waals surface area contributed by atoms with Crippen LogP contribution in [-0.2, 0) is 0 Å². The second-order valence-corrected chi connectivity index (χ2v) is 6.14. The standard InChI is InChI=1S/C17H28N2/c1-12-9-14(3)17(10-13(12)2)19-11-15-5-7-16(18-4)8-6-15/h9-10,15-16,18-19H,5-8,11H2,1-4H3. The highest BCUT2D eigenvalue weighted by atomic mass is 14.9. The Balaban J connectivity index is 1.88. The molecule has 1 aliphatic rings. The van der Waals surface area contributed by atoms with Crippen LogP contribution in [0.15, 0.2) is 12.1 Å². The zero-order chi connectivity index (χ0) is 13.8. The Morgan fingerprint density at radius 1 is 0.947 bits per heavy atom. The fraction of sp³-hybridized carbons (Fsp3) is 0.647. The van der Waals surface area contributed by atoms with Crippen LogP contribution in [0.2, 0.25) is 0 Å². The first-order chi connectivity index (χ1) is 9.10. The molecular weight excluding hydrogens is 232 g/mol. The second kappa shape index (κ2) is 6.42. The van der Waals surface area contributed by atoms with Gasteiger partial charge in [-0.2, -0.15) is 0 Å². The molecule has 0 atom stereocenters. The van der Waals surface area contributed by atoms with E-state index >= 15 is 0 Å². The van der Waals surface area contributed by atoms with E-state index in [1.165, 1.54) is 48.1 Å². The molecule has 0 bridgehead atoms. The first-order valence-electron chi connectivity index (χ1n) is 7.59. The van der Waals surface area contributed by atoms with Gasteiger partial charge in [0, 0.05) is 18.3 Å². The Morgan fingerprint density at radius 2 is 1.58 bits per heavy atom. The smallest absolute Gasteiger partial charge is 0.0372 e. The maximum Gasteiger partial charge on any atom is 0.0372 e. The minimum absolute atomic E-state index is 0.750. The average molecular weight is 260 g/mol. The van der Waals surface area contributed by atoms with Crippen LogP contribution in [0.4, 0.5) is 5.69 Å². The van der Waals surface area contributed by atoms with E-state index in [1.54, 1.807) is 0 Å². The van der Waals surface area contributed by atoms with Crippen molar-refractivity contribution in [2.24, 2.45) is 5.92 Å². The predicted octanol–water partition coefficient (Wildman–Crippen LogP) is 3.80. The van der Waals surface area contributed by atoms with Crippen LogP contribution in [-0.4, -0.2) is 19.6 Å². The highest BCUT2D eigenvalue weighted by Gasteiger charge is 2.19. The molecule has 106 valence electrons. The molecule has 1 aromatic carbocycles. The molecule has 2 N–H and O–H groups in total. The van der Waals surface area contributed by atoms with E-state index in [0.717, 1.165) is 18.5 Å². The van der Waals surface area contributed by atoms with Crippen molar-refractivity contribution in [1.29, 1.82) is 0 Å². The van der Waals surface area contributed by atoms with Gasteiger partial charge in [-0.05, 0) is 82.2 Å². The first kappa shape index (κ1) is 14.4. The van der Waals surface area contributed by atoms with Gasteiger partial charge in [-0.25, -0.2) is 0 Å². The lowest BCUT2D eigenvalue weighted by Crippen LogP contribution is -2.32. The van der Waals surface area contributed by atoms with Gasteiger partial charge in [-0.1, -0.05) is 6.07 Å². The number of nitrogens with one attached hydrogen (secondary N) is 2. The summed E-state index contributed by atoms with van der Waals surface area (Å²) in [6.45, 7) is 7.70. The van der Waals surface area contributed by atoms with Gasteiger partial charge in [-0.3, -0.25) is 0 Å². The van der Waals surface area contributed by atoms with Crippen molar-refractivity contribution < 1.29 is 0 Å². The Morgan fingerprint density at radius 3 is 2.21 bits per heavy atom. The molecule has 1 aliphatic carbocycles. The molecule has 0 aliphatic heterocycles. The van der Waals surface area contributed by atoms with Gasteiger partial charge >= 0.3 is 0 Å². The molecular formula is C17H28N2. The van der Waals surface area contributed by atoms with Gasteiger partial charge in [0.1, 0.15) is 0 Å². The highest BCUT2D eigenvalue weighted by Crippen LogP contribution is 2.26. The molecule has 0 spiro atoms. The third-order valence-electron chi connectivity index (χ3n) is 4.68. The molecule has 2 nitrogen and oxygen atoms in total. The number of benzene rings is 1. The Hall–Kier alpha value is -1.02. The third-order valence-corrected chi connectivity index (χ3v) is 4.68. The lowest BCUT2D eigenvalue weighted by atomic mass is 9.86. The zero-order valence-electron chi connectivity index (χ0n) is 12.8. The number of rotatable bonds is 4. The summed E-state index contributed by atoms with van der Waals surface area (Å²) in [6, 6.07) is 5.33. The van der Waals surface area contributed by atoms with Gasteiger partial charge in [0.2, 0.25) is 0 Å². The largest absolute Gasteiger partial charge is 0.385 e. The number of hydrogen-bond donors (Lipinski definition) is 2. The van der Waals surface area contributed by atoms with E-state index < -0.39 is 0 Å². The summed E-state index contributed by atoms with van der Waals surface area (Å²) in [4.78, 5) is 0. The molecule has 1 saturated carbocycles. The molecule has 19 heavy (non-hydrogen) atoms. The Kier molecular flexibility index (Phi) is 4.87. The van der Waals surface area contributed by atoms with Gasteiger partial charge in [0.05, 0.1) is 0 Å². The third kappa shape index (κ3) is 3.73. The predicted molar refractivity (Wildman–Crippen MR) is 83.9 cm³/mol. The van der Waals surface area contributed by atoms with Crippen molar-refractivity contribution in [1.82, 2.24) is 5.32 Å². The monoisotopic (exact) mass is 260 g/mol. The quantitative estimate of drug-likeness (QED) is 0.860. The maximum atomic E-state index is 3.66. The molecule has 1 fully saturated rings. The summed E-state index contributed by atoms with van der Waals surface area (Å²) in [5.41, 5.74) is 5.45. The van der Waals surface area contributed by atoms with Gasteiger partial charge in [-0.15, -0.1) is 0 Å².